The van der Waals surface area contributed by atoms with Crippen molar-refractivity contribution in [3.63, 3.8) is 0 Å². The average molecular weight is 402 g/mol. The molecule has 1 aliphatic rings. The van der Waals surface area contributed by atoms with Crippen LogP contribution in [0.15, 0.2) is 36.8 Å². The maximum atomic E-state index is 12.3. The predicted molar refractivity (Wildman–Crippen MR) is 110 cm³/mol. The Morgan fingerprint density at radius 1 is 1.29 bits per heavy atom. The molecule has 4 rings (SSSR count). The third kappa shape index (κ3) is 3.56. The summed E-state index contributed by atoms with van der Waals surface area (Å²) in [7, 11) is -2.45. The van der Waals surface area contributed by atoms with Crippen LogP contribution >= 0.6 is 10.6 Å². The summed E-state index contributed by atoms with van der Waals surface area (Å²) in [5.74, 6) is 0.335. The minimum Gasteiger partial charge on any atom is -0.462 e. The van der Waals surface area contributed by atoms with E-state index in [1.165, 1.54) is 6.33 Å². The number of nitrogens with zero attached hydrogens (tertiary/aromatic N) is 3. The lowest BCUT2D eigenvalue weighted by atomic mass is 10.1. The van der Waals surface area contributed by atoms with Crippen LogP contribution in [0.2, 0.25) is 0 Å². The number of carbonyl (C=O) groups is 1. The standard InChI is InChI=1S/C19H22N4O4S/c1-2-27-19(24)15-11-20-18-16(15)17(21-12-22-18)13-4-3-5-14(10-13)23-6-8-28(25,26)9-7-23/h3-5,10-12,25-26H,2,6-9H2,1H3,(H,20,21,22). The molecule has 3 heterocycles. The number of anilines is 1. The monoisotopic (exact) mass is 402 g/mol. The van der Waals surface area contributed by atoms with Crippen molar-refractivity contribution in [2.75, 3.05) is 36.1 Å². The van der Waals surface area contributed by atoms with Crippen LogP contribution in [0, 0.1) is 0 Å². The number of carbonyl (C=O) groups excluding carboxylic acids is 1. The van der Waals surface area contributed by atoms with Gasteiger partial charge in [0.05, 0.1) is 34.8 Å². The number of hydrogen-bond donors (Lipinski definition) is 3. The Labute approximate surface area is 163 Å². The molecule has 3 aromatic rings. The van der Waals surface area contributed by atoms with Gasteiger partial charge in [-0.05, 0) is 19.1 Å². The molecule has 0 saturated carbocycles. The molecule has 8 nitrogen and oxygen atoms in total. The second-order valence-electron chi connectivity index (χ2n) is 6.62. The molecule has 0 amide bonds. The first kappa shape index (κ1) is 18.7. The van der Waals surface area contributed by atoms with Crippen LogP contribution < -0.4 is 4.90 Å². The van der Waals surface area contributed by atoms with Crippen molar-refractivity contribution < 1.29 is 18.6 Å². The Morgan fingerprint density at radius 2 is 2.07 bits per heavy atom. The van der Waals surface area contributed by atoms with Crippen molar-refractivity contribution in [2.24, 2.45) is 0 Å². The van der Waals surface area contributed by atoms with Crippen LogP contribution in [0.1, 0.15) is 17.3 Å². The molecular weight excluding hydrogens is 380 g/mol. The molecule has 2 aromatic heterocycles. The molecule has 0 bridgehead atoms. The molecule has 0 spiro atoms. The van der Waals surface area contributed by atoms with Crippen LogP contribution in [0.3, 0.4) is 0 Å². The minimum absolute atomic E-state index is 0.290. The number of rotatable bonds is 4. The number of nitrogens with one attached hydrogen (secondary N) is 1. The Morgan fingerprint density at radius 3 is 2.82 bits per heavy atom. The summed E-state index contributed by atoms with van der Waals surface area (Å²) in [6.07, 6.45) is 3.06. The first-order chi connectivity index (χ1) is 13.5. The van der Waals surface area contributed by atoms with E-state index in [1.54, 1.807) is 13.1 Å². The molecule has 0 radical (unpaired) electrons. The number of ether oxygens (including phenoxy) is 1. The molecule has 1 aromatic carbocycles. The summed E-state index contributed by atoms with van der Waals surface area (Å²) in [4.78, 5) is 26.1. The second-order valence-corrected chi connectivity index (χ2v) is 9.04. The lowest BCUT2D eigenvalue weighted by molar-refractivity contribution is 0.0528. The molecular formula is C19H22N4O4S. The fourth-order valence-corrected chi connectivity index (χ4v) is 4.62. The summed E-state index contributed by atoms with van der Waals surface area (Å²) in [6, 6.07) is 7.86. The van der Waals surface area contributed by atoms with E-state index in [1.807, 2.05) is 24.3 Å². The molecule has 1 fully saturated rings. The highest BCUT2D eigenvalue weighted by atomic mass is 32.3. The van der Waals surface area contributed by atoms with Crippen molar-refractivity contribution in [3.8, 4) is 11.3 Å². The highest BCUT2D eigenvalue weighted by molar-refractivity contribution is 8.24. The lowest BCUT2D eigenvalue weighted by Gasteiger charge is -2.42. The third-order valence-corrected chi connectivity index (χ3v) is 6.50. The number of aromatic amines is 1. The van der Waals surface area contributed by atoms with Gasteiger partial charge in [-0.2, -0.15) is 10.6 Å². The Balaban J connectivity index is 1.73. The Hall–Kier alpha value is -2.62. The molecule has 9 heteroatoms. The molecule has 148 valence electrons. The van der Waals surface area contributed by atoms with Gasteiger partial charge in [-0.15, -0.1) is 0 Å². The molecule has 0 unspecified atom stereocenters. The first-order valence-electron chi connectivity index (χ1n) is 9.06. The molecule has 3 N–H and O–H groups in total. The highest BCUT2D eigenvalue weighted by Crippen LogP contribution is 2.41. The van der Waals surface area contributed by atoms with Gasteiger partial charge in [0.15, 0.2) is 0 Å². The number of hydrogen-bond acceptors (Lipinski definition) is 7. The zero-order valence-corrected chi connectivity index (χ0v) is 16.3. The Bertz CT molecular complexity index is 1010. The van der Waals surface area contributed by atoms with E-state index >= 15 is 0 Å². The third-order valence-electron chi connectivity index (χ3n) is 4.83. The molecule has 1 saturated heterocycles. The van der Waals surface area contributed by atoms with Gasteiger partial charge in [0.25, 0.3) is 0 Å². The van der Waals surface area contributed by atoms with Crippen LogP contribution in [0.4, 0.5) is 5.69 Å². The van der Waals surface area contributed by atoms with Crippen LogP contribution in [0.25, 0.3) is 22.3 Å². The van der Waals surface area contributed by atoms with Gasteiger partial charge in [-0.25, -0.2) is 14.8 Å². The molecule has 0 aliphatic carbocycles. The maximum absolute atomic E-state index is 12.3. The van der Waals surface area contributed by atoms with E-state index in [4.69, 9.17) is 4.74 Å². The molecule has 28 heavy (non-hydrogen) atoms. The van der Waals surface area contributed by atoms with Gasteiger partial charge >= 0.3 is 5.97 Å². The van der Waals surface area contributed by atoms with Gasteiger partial charge in [-0.3, -0.25) is 9.11 Å². The summed E-state index contributed by atoms with van der Waals surface area (Å²) in [5.41, 5.74) is 3.47. The first-order valence-corrected chi connectivity index (χ1v) is 10.9. The van der Waals surface area contributed by atoms with E-state index in [-0.39, 0.29) is 6.61 Å². The lowest BCUT2D eigenvalue weighted by Crippen LogP contribution is -2.38. The van der Waals surface area contributed by atoms with Gasteiger partial charge in [0.1, 0.15) is 12.0 Å². The van der Waals surface area contributed by atoms with Gasteiger partial charge in [-0.1, -0.05) is 12.1 Å². The quantitative estimate of drug-likeness (QED) is 0.574. The smallest absolute Gasteiger partial charge is 0.340 e. The van der Waals surface area contributed by atoms with E-state index in [2.05, 4.69) is 19.9 Å². The zero-order valence-electron chi connectivity index (χ0n) is 15.5. The van der Waals surface area contributed by atoms with Crippen LogP contribution in [0.5, 0.6) is 0 Å². The van der Waals surface area contributed by atoms with Crippen LogP contribution in [-0.4, -0.2) is 61.2 Å². The fourth-order valence-electron chi connectivity index (χ4n) is 3.39. The van der Waals surface area contributed by atoms with Crippen molar-refractivity contribution >= 4 is 33.3 Å². The number of esters is 1. The second kappa shape index (κ2) is 7.42. The highest BCUT2D eigenvalue weighted by Gasteiger charge is 2.23. The van der Waals surface area contributed by atoms with Crippen molar-refractivity contribution in [1.82, 2.24) is 15.0 Å². The topological polar surface area (TPSA) is 112 Å². The van der Waals surface area contributed by atoms with Crippen molar-refractivity contribution in [1.29, 1.82) is 0 Å². The largest absolute Gasteiger partial charge is 0.462 e. The van der Waals surface area contributed by atoms with Gasteiger partial charge in [0, 0.05) is 30.5 Å². The number of aromatic nitrogens is 3. The van der Waals surface area contributed by atoms with E-state index < -0.39 is 16.6 Å². The SMILES string of the molecule is CCOC(=O)c1c[nH]c2ncnc(-c3cccc(N4CCS(O)(O)CC4)c3)c12. The normalized spacial score (nSPS) is 17.5. The summed E-state index contributed by atoms with van der Waals surface area (Å²) in [5, 5.41) is 0.630. The fraction of sp³-hybridized carbons (Fsp3) is 0.316. The Kier molecular flexibility index (Phi) is 4.96. The summed E-state index contributed by atoms with van der Waals surface area (Å²) in [6.45, 7) is 3.23. The van der Waals surface area contributed by atoms with Crippen LogP contribution in [-0.2, 0) is 4.74 Å². The van der Waals surface area contributed by atoms with E-state index in [0.717, 1.165) is 11.3 Å². The van der Waals surface area contributed by atoms with E-state index in [0.29, 0.717) is 46.9 Å². The predicted octanol–water partition coefficient (Wildman–Crippen LogP) is 3.37. The number of H-pyrrole nitrogens is 1. The summed E-state index contributed by atoms with van der Waals surface area (Å²) >= 11 is 0. The average Bonchev–Trinajstić information content (AvgIpc) is 3.13. The van der Waals surface area contributed by atoms with Crippen molar-refractivity contribution in [3.05, 3.63) is 42.4 Å². The number of benzene rings is 1. The number of fused-ring (bicyclic) bond motifs is 1. The zero-order chi connectivity index (χ0) is 19.7. The summed E-state index contributed by atoms with van der Waals surface area (Å²) < 4.78 is 24.8. The van der Waals surface area contributed by atoms with Gasteiger partial charge in [0.2, 0.25) is 0 Å². The van der Waals surface area contributed by atoms with E-state index in [9.17, 15) is 13.9 Å². The van der Waals surface area contributed by atoms with Crippen molar-refractivity contribution in [2.45, 2.75) is 6.92 Å². The van der Waals surface area contributed by atoms with Gasteiger partial charge < -0.3 is 14.6 Å². The molecule has 0 atom stereocenters. The maximum Gasteiger partial charge on any atom is 0.340 e. The molecule has 1 aliphatic heterocycles. The minimum atomic E-state index is -2.45.